The number of H-pyrrole nitrogens is 1. The van der Waals surface area contributed by atoms with Gasteiger partial charge in [0.15, 0.2) is 11.5 Å². The summed E-state index contributed by atoms with van der Waals surface area (Å²) in [7, 11) is 3.20. The molecular formula is C16H22N4O3S. The summed E-state index contributed by atoms with van der Waals surface area (Å²) in [5.41, 5.74) is 0.988. The van der Waals surface area contributed by atoms with Crippen LogP contribution in [0.4, 0.5) is 0 Å². The van der Waals surface area contributed by atoms with Gasteiger partial charge in [-0.1, -0.05) is 17.8 Å². The van der Waals surface area contributed by atoms with Gasteiger partial charge in [0.1, 0.15) is 5.82 Å². The van der Waals surface area contributed by atoms with Gasteiger partial charge in [0.05, 0.1) is 20.0 Å². The standard InChI is InChI=1S/C16H22N4O3S/c1-5-20(15(21)10-24-16-17-11(2)18-19-16)9-12-6-7-13(22-3)14(8-12)23-4/h6-8H,5,9-10H2,1-4H3,(H,17,18,19). The number of aryl methyl sites for hydroxylation is 1. The lowest BCUT2D eigenvalue weighted by atomic mass is 10.2. The van der Waals surface area contributed by atoms with Gasteiger partial charge in [0.25, 0.3) is 0 Å². The third-order valence-corrected chi connectivity index (χ3v) is 4.29. The molecule has 0 atom stereocenters. The molecular weight excluding hydrogens is 328 g/mol. The van der Waals surface area contributed by atoms with Gasteiger partial charge in [0.2, 0.25) is 11.1 Å². The summed E-state index contributed by atoms with van der Waals surface area (Å²) in [6, 6.07) is 5.67. The molecule has 0 saturated heterocycles. The molecule has 0 spiro atoms. The van der Waals surface area contributed by atoms with E-state index in [9.17, 15) is 4.79 Å². The van der Waals surface area contributed by atoms with E-state index in [1.165, 1.54) is 11.8 Å². The summed E-state index contributed by atoms with van der Waals surface area (Å²) in [4.78, 5) is 18.4. The average molecular weight is 350 g/mol. The first-order valence-electron chi connectivity index (χ1n) is 7.57. The molecule has 0 unspecified atom stereocenters. The Morgan fingerprint density at radius 2 is 2.04 bits per heavy atom. The number of hydrogen-bond donors (Lipinski definition) is 1. The highest BCUT2D eigenvalue weighted by atomic mass is 32.2. The maximum absolute atomic E-state index is 12.4. The van der Waals surface area contributed by atoms with Crippen LogP contribution < -0.4 is 9.47 Å². The van der Waals surface area contributed by atoms with Gasteiger partial charge in [-0.15, -0.1) is 5.10 Å². The minimum Gasteiger partial charge on any atom is -0.493 e. The first kappa shape index (κ1) is 18.1. The second kappa shape index (κ2) is 8.58. The number of thioether (sulfide) groups is 1. The average Bonchev–Trinajstić information content (AvgIpc) is 3.02. The molecule has 1 aromatic heterocycles. The van der Waals surface area contributed by atoms with Crippen molar-refractivity contribution in [2.75, 3.05) is 26.5 Å². The maximum atomic E-state index is 12.4. The van der Waals surface area contributed by atoms with Crippen LogP contribution >= 0.6 is 11.8 Å². The van der Waals surface area contributed by atoms with Gasteiger partial charge in [0, 0.05) is 13.1 Å². The van der Waals surface area contributed by atoms with Crippen LogP contribution in [-0.2, 0) is 11.3 Å². The third-order valence-electron chi connectivity index (χ3n) is 3.46. The van der Waals surface area contributed by atoms with E-state index >= 15 is 0 Å². The van der Waals surface area contributed by atoms with Crippen LogP contribution in [0.25, 0.3) is 0 Å². The number of amides is 1. The van der Waals surface area contributed by atoms with Crippen molar-refractivity contribution in [1.82, 2.24) is 20.1 Å². The molecule has 2 aromatic rings. The van der Waals surface area contributed by atoms with Crippen LogP contribution in [0.2, 0.25) is 0 Å². The molecule has 0 radical (unpaired) electrons. The van der Waals surface area contributed by atoms with E-state index in [1.807, 2.05) is 32.0 Å². The number of carbonyl (C=O) groups is 1. The Bertz CT molecular complexity index is 690. The third kappa shape index (κ3) is 4.64. The van der Waals surface area contributed by atoms with Gasteiger partial charge in [-0.3, -0.25) is 9.89 Å². The Morgan fingerprint density at radius 1 is 1.29 bits per heavy atom. The molecule has 2 rings (SSSR count). The topological polar surface area (TPSA) is 80.3 Å². The van der Waals surface area contributed by atoms with Crippen molar-refractivity contribution in [3.05, 3.63) is 29.6 Å². The summed E-state index contributed by atoms with van der Waals surface area (Å²) in [6.07, 6.45) is 0. The molecule has 24 heavy (non-hydrogen) atoms. The summed E-state index contributed by atoms with van der Waals surface area (Å²) in [6.45, 7) is 4.93. The molecule has 7 nitrogen and oxygen atoms in total. The van der Waals surface area contributed by atoms with Crippen molar-refractivity contribution >= 4 is 17.7 Å². The van der Waals surface area contributed by atoms with Crippen LogP contribution in [0, 0.1) is 6.92 Å². The zero-order valence-electron chi connectivity index (χ0n) is 14.3. The Labute approximate surface area is 145 Å². The number of rotatable bonds is 8. The van der Waals surface area contributed by atoms with Crippen molar-refractivity contribution in [3.8, 4) is 11.5 Å². The van der Waals surface area contributed by atoms with Gasteiger partial charge in [-0.25, -0.2) is 4.98 Å². The fourth-order valence-electron chi connectivity index (χ4n) is 2.18. The summed E-state index contributed by atoms with van der Waals surface area (Å²) in [5.74, 6) is 2.41. The van der Waals surface area contributed by atoms with Gasteiger partial charge < -0.3 is 14.4 Å². The quantitative estimate of drug-likeness (QED) is 0.736. The lowest BCUT2D eigenvalue weighted by Gasteiger charge is -2.21. The Kier molecular flexibility index (Phi) is 6.48. The number of benzene rings is 1. The van der Waals surface area contributed by atoms with Crippen LogP contribution in [0.3, 0.4) is 0 Å². The molecule has 8 heteroatoms. The molecule has 1 N–H and O–H groups in total. The molecule has 130 valence electrons. The first-order chi connectivity index (χ1) is 11.6. The van der Waals surface area contributed by atoms with E-state index < -0.39 is 0 Å². The van der Waals surface area contributed by atoms with Gasteiger partial charge in [-0.2, -0.15) is 0 Å². The Hall–Kier alpha value is -2.22. The van der Waals surface area contributed by atoms with Crippen LogP contribution in [0.1, 0.15) is 18.3 Å². The molecule has 0 fully saturated rings. The van der Waals surface area contributed by atoms with E-state index in [0.29, 0.717) is 35.5 Å². The molecule has 0 bridgehead atoms. The van der Waals surface area contributed by atoms with Crippen molar-refractivity contribution < 1.29 is 14.3 Å². The van der Waals surface area contributed by atoms with Crippen molar-refractivity contribution in [3.63, 3.8) is 0 Å². The normalized spacial score (nSPS) is 10.5. The number of aromatic nitrogens is 3. The predicted octanol–water partition coefficient (Wildman–Crippen LogP) is 2.27. The molecule has 0 aliphatic rings. The summed E-state index contributed by atoms with van der Waals surface area (Å²) >= 11 is 1.33. The largest absolute Gasteiger partial charge is 0.493 e. The maximum Gasteiger partial charge on any atom is 0.233 e. The number of hydrogen-bond acceptors (Lipinski definition) is 6. The van der Waals surface area contributed by atoms with Crippen LogP contribution in [0.5, 0.6) is 11.5 Å². The summed E-state index contributed by atoms with van der Waals surface area (Å²) < 4.78 is 10.5. The van der Waals surface area contributed by atoms with Crippen LogP contribution in [0.15, 0.2) is 23.4 Å². The number of carbonyl (C=O) groups excluding carboxylic acids is 1. The Balaban J connectivity index is 1.98. The number of nitrogens with one attached hydrogen (secondary N) is 1. The highest BCUT2D eigenvalue weighted by Gasteiger charge is 2.15. The molecule has 0 aliphatic heterocycles. The molecule has 0 saturated carbocycles. The van der Waals surface area contributed by atoms with E-state index in [-0.39, 0.29) is 5.91 Å². The lowest BCUT2D eigenvalue weighted by molar-refractivity contribution is -0.128. The number of nitrogens with zero attached hydrogens (tertiary/aromatic N) is 3. The van der Waals surface area contributed by atoms with E-state index in [1.54, 1.807) is 19.1 Å². The zero-order chi connectivity index (χ0) is 17.5. The van der Waals surface area contributed by atoms with Gasteiger partial charge in [-0.05, 0) is 31.5 Å². The SMILES string of the molecule is CCN(Cc1ccc(OC)c(OC)c1)C(=O)CSc1n[nH]c(C)n1. The second-order valence-electron chi connectivity index (χ2n) is 5.09. The lowest BCUT2D eigenvalue weighted by Crippen LogP contribution is -2.31. The molecule has 1 aromatic carbocycles. The number of ether oxygens (including phenoxy) is 2. The smallest absolute Gasteiger partial charge is 0.233 e. The molecule has 1 amide bonds. The van der Waals surface area contributed by atoms with Crippen LogP contribution in [-0.4, -0.2) is 52.5 Å². The van der Waals surface area contributed by atoms with Crippen molar-refractivity contribution in [2.45, 2.75) is 25.5 Å². The Morgan fingerprint density at radius 3 is 2.62 bits per heavy atom. The minimum atomic E-state index is 0.0414. The number of methoxy groups -OCH3 is 2. The highest BCUT2D eigenvalue weighted by Crippen LogP contribution is 2.28. The van der Waals surface area contributed by atoms with E-state index in [2.05, 4.69) is 15.2 Å². The second-order valence-corrected chi connectivity index (χ2v) is 6.03. The van der Waals surface area contributed by atoms with Crippen molar-refractivity contribution in [1.29, 1.82) is 0 Å². The molecule has 0 aliphatic carbocycles. The fourth-order valence-corrected chi connectivity index (χ4v) is 2.93. The fraction of sp³-hybridized carbons (Fsp3) is 0.438. The van der Waals surface area contributed by atoms with E-state index in [4.69, 9.17) is 9.47 Å². The first-order valence-corrected chi connectivity index (χ1v) is 8.56. The molecule has 1 heterocycles. The predicted molar refractivity (Wildman–Crippen MR) is 92.5 cm³/mol. The minimum absolute atomic E-state index is 0.0414. The zero-order valence-corrected chi connectivity index (χ0v) is 15.1. The van der Waals surface area contributed by atoms with E-state index in [0.717, 1.165) is 11.4 Å². The van der Waals surface area contributed by atoms with Gasteiger partial charge >= 0.3 is 0 Å². The monoisotopic (exact) mass is 350 g/mol. The highest BCUT2D eigenvalue weighted by molar-refractivity contribution is 7.99. The summed E-state index contributed by atoms with van der Waals surface area (Å²) in [5, 5.41) is 7.38. The number of aromatic amines is 1. The van der Waals surface area contributed by atoms with Crippen molar-refractivity contribution in [2.24, 2.45) is 0 Å².